The van der Waals surface area contributed by atoms with Gasteiger partial charge in [-0.05, 0) is 66.9 Å². The molecule has 1 amide bonds. The molecule has 0 bridgehead atoms. The molecule has 0 unspecified atom stereocenters. The second-order valence-electron chi connectivity index (χ2n) is 9.10. The zero-order chi connectivity index (χ0) is 25.6. The van der Waals surface area contributed by atoms with Gasteiger partial charge in [0.25, 0.3) is 11.5 Å². The van der Waals surface area contributed by atoms with E-state index in [1.54, 1.807) is 48.7 Å². The number of hydrogen-bond donors (Lipinski definition) is 1. The normalized spacial score (nSPS) is 14.2. The lowest BCUT2D eigenvalue weighted by Gasteiger charge is -2.22. The summed E-state index contributed by atoms with van der Waals surface area (Å²) in [6.45, 7) is -0.150. The Balaban J connectivity index is 1.34. The summed E-state index contributed by atoms with van der Waals surface area (Å²) in [4.78, 5) is 30.5. The number of rotatable bonds is 7. The van der Waals surface area contributed by atoms with Crippen molar-refractivity contribution >= 4 is 40.3 Å². The van der Waals surface area contributed by atoms with E-state index in [9.17, 15) is 9.59 Å². The number of ether oxygens (including phenoxy) is 1. The van der Waals surface area contributed by atoms with E-state index >= 15 is 0 Å². The molecular formula is C29H27ClN4O3. The average molecular weight is 515 g/mol. The lowest BCUT2D eigenvalue weighted by Crippen LogP contribution is -2.25. The third-order valence-corrected chi connectivity index (χ3v) is 6.68. The molecule has 0 aliphatic heterocycles. The van der Waals surface area contributed by atoms with E-state index in [2.05, 4.69) is 10.4 Å². The highest BCUT2D eigenvalue weighted by Gasteiger charge is 2.22. The van der Waals surface area contributed by atoms with Crippen LogP contribution in [0.25, 0.3) is 10.9 Å². The maximum absolute atomic E-state index is 13.4. The molecule has 0 radical (unpaired) electrons. The van der Waals surface area contributed by atoms with Gasteiger partial charge in [-0.15, -0.1) is 0 Å². The molecule has 8 heteroatoms. The van der Waals surface area contributed by atoms with E-state index in [0.717, 1.165) is 31.2 Å². The number of aromatic nitrogens is 2. The standard InChI is InChI=1S/C29H27ClN4O3/c30-22-13-15-23(16-14-22)32-27(35)19-37-24-10-6-7-20(17-24)18-31-34-28(21-8-2-1-3-9-21)33-26-12-5-4-11-25(26)29(34)36/h4-7,10-18,21H,1-3,8-9,19H2,(H,32,35). The van der Waals surface area contributed by atoms with Crippen molar-refractivity contribution in [2.45, 2.75) is 38.0 Å². The summed E-state index contributed by atoms with van der Waals surface area (Å²) in [5.41, 5.74) is 1.91. The number of nitrogens with zero attached hydrogens (tertiary/aromatic N) is 3. The van der Waals surface area contributed by atoms with Crippen LogP contribution in [-0.4, -0.2) is 28.4 Å². The first-order chi connectivity index (χ1) is 18.1. The summed E-state index contributed by atoms with van der Waals surface area (Å²) in [5, 5.41) is 8.48. The van der Waals surface area contributed by atoms with Crippen molar-refractivity contribution in [1.29, 1.82) is 0 Å². The Hall–Kier alpha value is -3.97. The molecule has 7 nitrogen and oxygen atoms in total. The van der Waals surface area contributed by atoms with Crippen LogP contribution in [0.15, 0.2) is 82.7 Å². The Kier molecular flexibility index (Phi) is 7.61. The van der Waals surface area contributed by atoms with Gasteiger partial charge in [0.15, 0.2) is 6.61 Å². The van der Waals surface area contributed by atoms with Crippen molar-refractivity contribution in [3.05, 3.63) is 99.6 Å². The lowest BCUT2D eigenvalue weighted by molar-refractivity contribution is -0.118. The van der Waals surface area contributed by atoms with E-state index in [0.29, 0.717) is 33.2 Å². The van der Waals surface area contributed by atoms with Crippen LogP contribution in [0.3, 0.4) is 0 Å². The first-order valence-electron chi connectivity index (χ1n) is 12.4. The Morgan fingerprint density at radius 1 is 1.05 bits per heavy atom. The van der Waals surface area contributed by atoms with Gasteiger partial charge in [0.1, 0.15) is 11.6 Å². The fraction of sp³-hybridized carbons (Fsp3) is 0.241. The first kappa shape index (κ1) is 24.7. The van der Waals surface area contributed by atoms with E-state index in [4.69, 9.17) is 21.3 Å². The minimum atomic E-state index is -0.285. The Bertz CT molecular complexity index is 1490. The predicted molar refractivity (Wildman–Crippen MR) is 147 cm³/mol. The number of carbonyl (C=O) groups excluding carboxylic acids is 1. The number of fused-ring (bicyclic) bond motifs is 1. The molecule has 1 aliphatic rings. The lowest BCUT2D eigenvalue weighted by atomic mass is 9.88. The van der Waals surface area contributed by atoms with E-state index in [-0.39, 0.29) is 24.0 Å². The molecule has 1 fully saturated rings. The predicted octanol–water partition coefficient (Wildman–Crippen LogP) is 6.00. The molecule has 188 valence electrons. The summed E-state index contributed by atoms with van der Waals surface area (Å²) in [5.74, 6) is 1.15. The third kappa shape index (κ3) is 6.06. The van der Waals surface area contributed by atoms with Gasteiger partial charge in [-0.3, -0.25) is 9.59 Å². The van der Waals surface area contributed by atoms with Crippen LogP contribution >= 0.6 is 11.6 Å². The Morgan fingerprint density at radius 3 is 2.65 bits per heavy atom. The van der Waals surface area contributed by atoms with Crippen molar-refractivity contribution < 1.29 is 9.53 Å². The topological polar surface area (TPSA) is 85.6 Å². The van der Waals surface area contributed by atoms with Crippen LogP contribution in [0.5, 0.6) is 5.75 Å². The van der Waals surface area contributed by atoms with Gasteiger partial charge in [0, 0.05) is 16.6 Å². The van der Waals surface area contributed by atoms with Crippen LogP contribution in [0.4, 0.5) is 5.69 Å². The number of para-hydroxylation sites is 1. The number of carbonyl (C=O) groups is 1. The number of benzene rings is 3. The zero-order valence-corrected chi connectivity index (χ0v) is 21.0. The molecule has 0 spiro atoms. The van der Waals surface area contributed by atoms with Crippen LogP contribution < -0.4 is 15.6 Å². The number of nitrogens with one attached hydrogen (secondary N) is 1. The van der Waals surface area contributed by atoms with Crippen LogP contribution in [-0.2, 0) is 4.79 Å². The van der Waals surface area contributed by atoms with E-state index < -0.39 is 0 Å². The fourth-order valence-corrected chi connectivity index (χ4v) is 4.69. The minimum Gasteiger partial charge on any atom is -0.484 e. The highest BCUT2D eigenvalue weighted by molar-refractivity contribution is 6.30. The van der Waals surface area contributed by atoms with Crippen LogP contribution in [0.2, 0.25) is 5.02 Å². The van der Waals surface area contributed by atoms with Gasteiger partial charge in [0.05, 0.1) is 17.1 Å². The summed E-state index contributed by atoms with van der Waals surface area (Å²) in [6, 6.07) is 21.5. The molecule has 37 heavy (non-hydrogen) atoms. The Labute approximate surface area is 219 Å². The molecule has 1 heterocycles. The number of halogens is 1. The van der Waals surface area contributed by atoms with Gasteiger partial charge in [-0.25, -0.2) is 4.98 Å². The number of anilines is 1. The largest absolute Gasteiger partial charge is 0.484 e. The smallest absolute Gasteiger partial charge is 0.282 e. The summed E-state index contributed by atoms with van der Waals surface area (Å²) in [7, 11) is 0. The quantitative estimate of drug-likeness (QED) is 0.307. The van der Waals surface area contributed by atoms with Gasteiger partial charge < -0.3 is 10.1 Å². The third-order valence-electron chi connectivity index (χ3n) is 6.43. The van der Waals surface area contributed by atoms with Crippen molar-refractivity contribution in [1.82, 2.24) is 9.66 Å². The molecule has 1 saturated carbocycles. The van der Waals surface area contributed by atoms with Crippen molar-refractivity contribution in [2.24, 2.45) is 5.10 Å². The molecule has 1 aromatic heterocycles. The van der Waals surface area contributed by atoms with Crippen LogP contribution in [0.1, 0.15) is 49.4 Å². The average Bonchev–Trinajstić information content (AvgIpc) is 2.93. The Morgan fingerprint density at radius 2 is 1.84 bits per heavy atom. The zero-order valence-electron chi connectivity index (χ0n) is 20.3. The van der Waals surface area contributed by atoms with Gasteiger partial charge in [-0.2, -0.15) is 9.78 Å². The minimum absolute atomic E-state index is 0.150. The maximum atomic E-state index is 13.4. The molecular weight excluding hydrogens is 488 g/mol. The van der Waals surface area contributed by atoms with E-state index in [1.807, 2.05) is 30.3 Å². The molecule has 1 N–H and O–H groups in total. The molecule has 1 aliphatic carbocycles. The van der Waals surface area contributed by atoms with Crippen molar-refractivity contribution in [3.63, 3.8) is 0 Å². The second kappa shape index (κ2) is 11.4. The number of hydrogen-bond acceptors (Lipinski definition) is 5. The molecule has 3 aromatic carbocycles. The molecule has 5 rings (SSSR count). The molecule has 0 saturated heterocycles. The first-order valence-corrected chi connectivity index (χ1v) is 12.8. The summed E-state index contributed by atoms with van der Waals surface area (Å²) in [6.07, 6.45) is 7.10. The van der Waals surface area contributed by atoms with Gasteiger partial charge in [-0.1, -0.05) is 55.1 Å². The highest BCUT2D eigenvalue weighted by Crippen LogP contribution is 2.31. The van der Waals surface area contributed by atoms with Gasteiger partial charge >= 0.3 is 0 Å². The number of amides is 1. The maximum Gasteiger partial charge on any atom is 0.282 e. The highest BCUT2D eigenvalue weighted by atomic mass is 35.5. The van der Waals surface area contributed by atoms with E-state index in [1.165, 1.54) is 11.1 Å². The molecule has 0 atom stereocenters. The summed E-state index contributed by atoms with van der Waals surface area (Å²) < 4.78 is 7.13. The van der Waals surface area contributed by atoms with Crippen LogP contribution in [0, 0.1) is 0 Å². The van der Waals surface area contributed by atoms with Gasteiger partial charge in [0.2, 0.25) is 0 Å². The second-order valence-corrected chi connectivity index (χ2v) is 9.54. The van der Waals surface area contributed by atoms with Crippen molar-refractivity contribution in [3.8, 4) is 5.75 Å². The molecule has 4 aromatic rings. The fourth-order valence-electron chi connectivity index (χ4n) is 4.57. The summed E-state index contributed by atoms with van der Waals surface area (Å²) >= 11 is 5.88. The van der Waals surface area contributed by atoms with Crippen molar-refractivity contribution in [2.75, 3.05) is 11.9 Å². The monoisotopic (exact) mass is 514 g/mol. The SMILES string of the molecule is O=C(COc1cccc(C=Nn2c(C3CCCCC3)nc3ccccc3c2=O)c1)Nc1ccc(Cl)cc1.